The van der Waals surface area contributed by atoms with Crippen molar-refractivity contribution in [3.8, 4) is 28.4 Å². The summed E-state index contributed by atoms with van der Waals surface area (Å²) in [7, 11) is -0.703. The summed E-state index contributed by atoms with van der Waals surface area (Å²) in [6, 6.07) is 13.2. The van der Waals surface area contributed by atoms with Gasteiger partial charge in [-0.25, -0.2) is 8.42 Å². The van der Waals surface area contributed by atoms with Gasteiger partial charge in [0.1, 0.15) is 22.3 Å². The first-order valence-electron chi connectivity index (χ1n) is 11.5. The molecule has 3 aromatic carbocycles. The Labute approximate surface area is 224 Å². The SMILES string of the molecule is COc1cc(-c2ccccc2)c(S(=O)(=O)Nc2ccc(Cl)c(OC3CCN(C)C3)c2)c(C(F)(F)F)c1OC. The number of likely N-dealkylation sites (tertiary alicyclic amines) is 1. The van der Waals surface area contributed by atoms with Gasteiger partial charge in [-0.3, -0.25) is 4.72 Å². The Balaban J connectivity index is 1.86. The van der Waals surface area contributed by atoms with Crippen LogP contribution < -0.4 is 18.9 Å². The molecule has 7 nitrogen and oxygen atoms in total. The van der Waals surface area contributed by atoms with Crippen molar-refractivity contribution in [2.45, 2.75) is 23.6 Å². The summed E-state index contributed by atoms with van der Waals surface area (Å²) in [6.07, 6.45) is -4.50. The molecule has 0 aromatic heterocycles. The highest BCUT2D eigenvalue weighted by molar-refractivity contribution is 7.93. The van der Waals surface area contributed by atoms with Crippen LogP contribution in [0, 0.1) is 0 Å². The van der Waals surface area contributed by atoms with E-state index in [2.05, 4.69) is 9.62 Å². The van der Waals surface area contributed by atoms with E-state index in [0.29, 0.717) is 6.54 Å². The summed E-state index contributed by atoms with van der Waals surface area (Å²) in [5.74, 6) is -0.786. The first kappa shape index (κ1) is 27.9. The van der Waals surface area contributed by atoms with Crippen LogP contribution in [-0.4, -0.2) is 53.8 Å². The zero-order chi connectivity index (χ0) is 27.7. The molecule has 1 heterocycles. The summed E-state index contributed by atoms with van der Waals surface area (Å²) in [4.78, 5) is 1.08. The summed E-state index contributed by atoms with van der Waals surface area (Å²) in [5.41, 5.74) is -1.46. The predicted molar refractivity (Wildman–Crippen MR) is 139 cm³/mol. The third-order valence-corrected chi connectivity index (χ3v) is 7.86. The molecule has 0 spiro atoms. The van der Waals surface area contributed by atoms with Crippen molar-refractivity contribution < 1.29 is 35.8 Å². The smallest absolute Gasteiger partial charge is 0.421 e. The number of rotatable bonds is 8. The molecule has 0 aliphatic carbocycles. The Morgan fingerprint density at radius 3 is 2.32 bits per heavy atom. The van der Waals surface area contributed by atoms with Gasteiger partial charge in [-0.1, -0.05) is 41.9 Å². The first-order valence-corrected chi connectivity index (χ1v) is 13.4. The third-order valence-electron chi connectivity index (χ3n) is 6.08. The van der Waals surface area contributed by atoms with Crippen molar-refractivity contribution in [2.24, 2.45) is 0 Å². The van der Waals surface area contributed by atoms with E-state index in [1.807, 2.05) is 7.05 Å². The zero-order valence-electron chi connectivity index (χ0n) is 20.8. The molecule has 0 radical (unpaired) electrons. The fraction of sp³-hybridized carbons (Fsp3) is 0.308. The number of sulfonamides is 1. The number of halogens is 4. The van der Waals surface area contributed by atoms with Crippen molar-refractivity contribution in [2.75, 3.05) is 39.1 Å². The van der Waals surface area contributed by atoms with E-state index < -0.39 is 32.4 Å². The molecule has 4 rings (SSSR count). The van der Waals surface area contributed by atoms with E-state index in [1.165, 1.54) is 43.5 Å². The fourth-order valence-corrected chi connectivity index (χ4v) is 6.02. The van der Waals surface area contributed by atoms with Gasteiger partial charge >= 0.3 is 6.18 Å². The van der Waals surface area contributed by atoms with Crippen molar-refractivity contribution in [3.63, 3.8) is 0 Å². The average Bonchev–Trinajstić information content (AvgIpc) is 3.28. The molecule has 1 aliphatic heterocycles. The summed E-state index contributed by atoms with van der Waals surface area (Å²) < 4.78 is 89.3. The van der Waals surface area contributed by atoms with Crippen LogP contribution in [0.15, 0.2) is 59.5 Å². The molecule has 38 heavy (non-hydrogen) atoms. The lowest BCUT2D eigenvalue weighted by Crippen LogP contribution is -2.22. The highest BCUT2D eigenvalue weighted by Crippen LogP contribution is 2.49. The number of ether oxygens (including phenoxy) is 3. The topological polar surface area (TPSA) is 77.1 Å². The highest BCUT2D eigenvalue weighted by atomic mass is 35.5. The fourth-order valence-electron chi connectivity index (χ4n) is 4.38. The Morgan fingerprint density at radius 2 is 1.74 bits per heavy atom. The van der Waals surface area contributed by atoms with Crippen molar-refractivity contribution >= 4 is 27.3 Å². The van der Waals surface area contributed by atoms with Gasteiger partial charge in [-0.2, -0.15) is 13.2 Å². The van der Waals surface area contributed by atoms with Gasteiger partial charge in [0, 0.05) is 24.7 Å². The van der Waals surface area contributed by atoms with Crippen LogP contribution in [0.1, 0.15) is 12.0 Å². The Morgan fingerprint density at radius 1 is 1.03 bits per heavy atom. The number of likely N-dealkylation sites (N-methyl/N-ethyl adjacent to an activating group) is 1. The molecule has 1 N–H and O–H groups in total. The molecule has 1 unspecified atom stereocenters. The normalized spacial score (nSPS) is 16.3. The third kappa shape index (κ3) is 5.79. The Hall–Kier alpha value is -3.15. The van der Waals surface area contributed by atoms with Crippen LogP contribution in [0.2, 0.25) is 5.02 Å². The molecule has 204 valence electrons. The van der Waals surface area contributed by atoms with Crippen molar-refractivity contribution in [1.29, 1.82) is 0 Å². The number of methoxy groups -OCH3 is 2. The quantitative estimate of drug-likeness (QED) is 0.362. The molecule has 1 fully saturated rings. The van der Waals surface area contributed by atoms with Gasteiger partial charge in [0.05, 0.1) is 24.9 Å². The largest absolute Gasteiger partial charge is 0.493 e. The standard InChI is InChI=1S/C26H26ClF3N2O5S/c1-32-12-11-18(15-32)37-21-13-17(9-10-20(21)27)31-38(33,34)25-19(16-7-5-4-6-8-16)14-22(35-2)24(36-3)23(25)26(28,29)30/h4-10,13-14,18,31H,11-12,15H2,1-3H3. The second-order valence-electron chi connectivity index (χ2n) is 8.77. The molecule has 3 aromatic rings. The van der Waals surface area contributed by atoms with Crippen LogP contribution in [-0.2, 0) is 16.2 Å². The van der Waals surface area contributed by atoms with Gasteiger partial charge in [0.2, 0.25) is 0 Å². The molecule has 12 heteroatoms. The minimum Gasteiger partial charge on any atom is -0.493 e. The van der Waals surface area contributed by atoms with Gasteiger partial charge in [-0.05, 0) is 37.2 Å². The van der Waals surface area contributed by atoms with E-state index in [0.717, 1.165) is 20.1 Å². The molecule has 0 bridgehead atoms. The number of alkyl halides is 3. The molecular weight excluding hydrogens is 545 g/mol. The minimum absolute atomic E-state index is 0.0160. The van der Waals surface area contributed by atoms with Crippen LogP contribution >= 0.6 is 11.6 Å². The Kier molecular flexibility index (Phi) is 8.01. The number of nitrogens with zero attached hydrogens (tertiary/aromatic N) is 1. The molecule has 1 aliphatic rings. The van der Waals surface area contributed by atoms with E-state index >= 15 is 0 Å². The maximum atomic E-state index is 14.5. The van der Waals surface area contributed by atoms with Crippen LogP contribution in [0.4, 0.5) is 18.9 Å². The molecule has 1 atom stereocenters. The van der Waals surface area contributed by atoms with Crippen molar-refractivity contribution in [1.82, 2.24) is 4.90 Å². The highest BCUT2D eigenvalue weighted by Gasteiger charge is 2.44. The summed E-state index contributed by atoms with van der Waals surface area (Å²) >= 11 is 6.27. The monoisotopic (exact) mass is 570 g/mol. The second kappa shape index (κ2) is 10.9. The predicted octanol–water partition coefficient (Wildman–Crippen LogP) is 5.93. The maximum absolute atomic E-state index is 14.5. The van der Waals surface area contributed by atoms with Crippen LogP contribution in [0.25, 0.3) is 11.1 Å². The van der Waals surface area contributed by atoms with Crippen molar-refractivity contribution in [3.05, 3.63) is 65.2 Å². The summed E-state index contributed by atoms with van der Waals surface area (Å²) in [5, 5.41) is 0.245. The lowest BCUT2D eigenvalue weighted by Gasteiger charge is -2.23. The Bertz CT molecular complexity index is 1420. The van der Waals surface area contributed by atoms with E-state index in [9.17, 15) is 21.6 Å². The molecular formula is C26H26ClF3N2O5S. The van der Waals surface area contributed by atoms with Crippen LogP contribution in [0.3, 0.4) is 0 Å². The van der Waals surface area contributed by atoms with E-state index in [1.54, 1.807) is 18.2 Å². The lowest BCUT2D eigenvalue weighted by molar-refractivity contribution is -0.141. The molecule has 0 amide bonds. The minimum atomic E-state index is -5.10. The zero-order valence-corrected chi connectivity index (χ0v) is 22.4. The number of nitrogens with one attached hydrogen (secondary N) is 1. The number of hydrogen-bond donors (Lipinski definition) is 1. The maximum Gasteiger partial charge on any atom is 0.421 e. The number of hydrogen-bond acceptors (Lipinski definition) is 6. The van der Waals surface area contributed by atoms with Gasteiger partial charge < -0.3 is 19.1 Å². The van der Waals surface area contributed by atoms with Gasteiger partial charge in [0.15, 0.2) is 11.5 Å². The van der Waals surface area contributed by atoms with Crippen LogP contribution in [0.5, 0.6) is 17.2 Å². The lowest BCUT2D eigenvalue weighted by atomic mass is 10.0. The van der Waals surface area contributed by atoms with E-state index in [-0.39, 0.29) is 39.4 Å². The first-order chi connectivity index (χ1) is 17.9. The van der Waals surface area contributed by atoms with E-state index in [4.69, 9.17) is 25.8 Å². The summed E-state index contributed by atoms with van der Waals surface area (Å²) in [6.45, 7) is 1.49. The van der Waals surface area contributed by atoms with Gasteiger partial charge in [-0.15, -0.1) is 0 Å². The molecule has 1 saturated heterocycles. The second-order valence-corrected chi connectivity index (χ2v) is 10.8. The number of benzene rings is 3. The average molecular weight is 571 g/mol. The number of anilines is 1. The van der Waals surface area contributed by atoms with Gasteiger partial charge in [0.25, 0.3) is 10.0 Å². The molecule has 0 saturated carbocycles.